The summed E-state index contributed by atoms with van der Waals surface area (Å²) in [6, 6.07) is 4.37. The van der Waals surface area contributed by atoms with Gasteiger partial charge in [-0.2, -0.15) is 8.62 Å². The van der Waals surface area contributed by atoms with Crippen LogP contribution in [0.3, 0.4) is 0 Å². The van der Waals surface area contributed by atoms with Crippen LogP contribution >= 0.6 is 23.5 Å². The maximum atomic E-state index is 12.0. The number of nitrogens with one attached hydrogen (secondary N) is 1. The van der Waals surface area contributed by atoms with Crippen molar-refractivity contribution in [2.45, 2.75) is 31.4 Å². The Labute approximate surface area is 234 Å². The van der Waals surface area contributed by atoms with Crippen molar-refractivity contribution in [3.05, 3.63) is 46.5 Å². The van der Waals surface area contributed by atoms with Gasteiger partial charge in [0, 0.05) is 18.5 Å². The average molecular weight is 656 g/mol. The van der Waals surface area contributed by atoms with Crippen LogP contribution in [0.4, 0.5) is 11.5 Å². The molecule has 1 aliphatic rings. The Morgan fingerprint density at radius 2 is 1.88 bits per heavy atom. The fraction of sp³-hybridized carbons (Fsp3) is 0.389. The largest absolute Gasteiger partial charge is 0.497 e. The number of benzene rings is 1. The molecule has 1 aliphatic heterocycles. The number of ether oxygens (including phenoxy) is 2. The number of hydrogen-bond donors (Lipinski definition) is 6. The van der Waals surface area contributed by atoms with E-state index in [0.29, 0.717) is 11.3 Å². The maximum absolute atomic E-state index is 12.0. The minimum absolute atomic E-state index is 0.000590. The number of phosphoric ester groups is 1. The first-order valence-electron chi connectivity index (χ1n) is 11.4. The number of anilines is 1. The molecule has 5 atom stereocenters. The molecule has 0 radical (unpaired) electrons. The van der Waals surface area contributed by atoms with Crippen molar-refractivity contribution in [2.24, 2.45) is 0 Å². The number of methoxy groups -OCH3 is 1. The average Bonchev–Trinajstić information content (AvgIpc) is 3.47. The first-order chi connectivity index (χ1) is 19.6. The number of rotatable bonds is 13. The molecule has 1 aromatic carbocycles. The molecular formula is C18H23N6O15P3. The lowest BCUT2D eigenvalue weighted by Gasteiger charge is -2.19. The Kier molecular flexibility index (Phi) is 9.43. The van der Waals surface area contributed by atoms with Crippen LogP contribution in [0.1, 0.15) is 18.2 Å². The van der Waals surface area contributed by atoms with Crippen LogP contribution in [0.2, 0.25) is 0 Å². The Balaban J connectivity index is 1.43. The number of fused-ring (bicyclic) bond motifs is 1. The van der Waals surface area contributed by atoms with Gasteiger partial charge in [-0.25, -0.2) is 28.6 Å². The summed E-state index contributed by atoms with van der Waals surface area (Å²) in [5, 5.41) is 24.8. The minimum Gasteiger partial charge on any atom is -0.497 e. The molecule has 0 amide bonds. The third kappa shape index (κ3) is 7.93. The molecule has 1 saturated heterocycles. The Bertz CT molecular complexity index is 1610. The highest BCUT2D eigenvalue weighted by Crippen LogP contribution is 2.66. The van der Waals surface area contributed by atoms with Gasteiger partial charge in [0.2, 0.25) is 0 Å². The van der Waals surface area contributed by atoms with Crippen LogP contribution in [-0.4, -0.2) is 75.0 Å². The second-order valence-corrected chi connectivity index (χ2v) is 12.9. The van der Waals surface area contributed by atoms with Gasteiger partial charge in [-0.05, 0) is 12.1 Å². The zero-order chi connectivity index (χ0) is 30.9. The third-order valence-electron chi connectivity index (χ3n) is 5.63. The van der Waals surface area contributed by atoms with Gasteiger partial charge in [0.25, 0.3) is 5.69 Å². The van der Waals surface area contributed by atoms with Gasteiger partial charge in [-0.15, -0.1) is 0 Å². The smallest absolute Gasteiger partial charge is 0.490 e. The third-order valence-corrected chi connectivity index (χ3v) is 9.43. The molecule has 2 aromatic heterocycles. The van der Waals surface area contributed by atoms with Crippen LogP contribution in [-0.2, 0) is 38.1 Å². The van der Waals surface area contributed by atoms with E-state index in [-0.39, 0.29) is 35.6 Å². The predicted octanol–water partition coefficient (Wildman–Crippen LogP) is 1.35. The van der Waals surface area contributed by atoms with E-state index in [0.717, 1.165) is 0 Å². The standard InChI is InChI=1S/C18H23N6O15P3/c1-35-11-3-2-10(12(4-11)24(26)27)6-19-17-16-18(21-8-20-17)23(9-22-16)15-5-13(25)14(37-15)7-36-41(31,32)39-42(33,34)38-40(28,29)30/h2-4,8-9,13-15,25H,5-7H2,1H3,(H,31,32)(H,33,34)(H,19,20,21)(H2,28,29,30)/t13?,14-,15-/m1/s1. The summed E-state index contributed by atoms with van der Waals surface area (Å²) in [6.45, 7) is -0.850. The number of aromatic nitrogens is 4. The van der Waals surface area contributed by atoms with Crippen LogP contribution in [0.15, 0.2) is 30.9 Å². The monoisotopic (exact) mass is 656 g/mol. The quantitative estimate of drug-likeness (QED) is 0.0859. The van der Waals surface area contributed by atoms with Crippen LogP contribution in [0, 0.1) is 10.1 Å². The first-order valence-corrected chi connectivity index (χ1v) is 15.9. The van der Waals surface area contributed by atoms with Crippen LogP contribution in [0.5, 0.6) is 5.75 Å². The Morgan fingerprint density at radius 1 is 1.14 bits per heavy atom. The van der Waals surface area contributed by atoms with Crippen molar-refractivity contribution < 1.29 is 65.9 Å². The number of phosphoric acid groups is 3. The number of nitro benzene ring substituents is 1. The predicted molar refractivity (Wildman–Crippen MR) is 137 cm³/mol. The van der Waals surface area contributed by atoms with Crippen molar-refractivity contribution in [1.82, 2.24) is 19.5 Å². The number of aliphatic hydroxyl groups excluding tert-OH is 1. The van der Waals surface area contributed by atoms with E-state index in [1.54, 1.807) is 6.07 Å². The molecule has 230 valence electrons. The van der Waals surface area contributed by atoms with E-state index in [1.807, 2.05) is 0 Å². The second kappa shape index (κ2) is 12.4. The summed E-state index contributed by atoms with van der Waals surface area (Å²) in [7, 11) is -15.3. The van der Waals surface area contributed by atoms with E-state index >= 15 is 0 Å². The SMILES string of the molecule is COc1ccc(CNc2ncnc3c2ncn3[C@H]2CC(O)[C@@H](COP(=O)(O)OP(=O)(O)OP(=O)(O)O)O2)c([N+](=O)[O-])c1. The van der Waals surface area contributed by atoms with E-state index in [2.05, 4.69) is 33.4 Å². The summed E-state index contributed by atoms with van der Waals surface area (Å²) in [4.78, 5) is 59.6. The van der Waals surface area contributed by atoms with Gasteiger partial charge in [-0.1, -0.05) is 0 Å². The van der Waals surface area contributed by atoms with E-state index < -0.39 is 53.4 Å². The minimum atomic E-state index is -5.71. The number of hydrogen-bond acceptors (Lipinski definition) is 15. The molecule has 0 saturated carbocycles. The van der Waals surface area contributed by atoms with Crippen molar-refractivity contribution in [1.29, 1.82) is 0 Å². The number of nitrogens with zero attached hydrogens (tertiary/aromatic N) is 5. The highest BCUT2D eigenvalue weighted by molar-refractivity contribution is 7.66. The summed E-state index contributed by atoms with van der Waals surface area (Å²) < 4.78 is 58.2. The first kappa shape index (κ1) is 32.0. The molecule has 0 aliphatic carbocycles. The molecule has 4 rings (SSSR count). The van der Waals surface area contributed by atoms with Crippen molar-refractivity contribution in [2.75, 3.05) is 19.0 Å². The van der Waals surface area contributed by atoms with Crippen LogP contribution < -0.4 is 10.1 Å². The van der Waals surface area contributed by atoms with Gasteiger partial charge >= 0.3 is 23.5 Å². The van der Waals surface area contributed by atoms with Gasteiger partial charge in [-0.3, -0.25) is 19.2 Å². The molecule has 3 aromatic rings. The molecule has 3 heterocycles. The van der Waals surface area contributed by atoms with Crippen LogP contribution in [0.25, 0.3) is 11.2 Å². The Hall–Kier alpha value is -2.90. The van der Waals surface area contributed by atoms with Crippen molar-refractivity contribution in [3.63, 3.8) is 0 Å². The van der Waals surface area contributed by atoms with Gasteiger partial charge in [0.15, 0.2) is 17.0 Å². The normalized spacial score (nSPS) is 22.0. The highest BCUT2D eigenvalue weighted by Gasteiger charge is 2.43. The van der Waals surface area contributed by atoms with E-state index in [4.69, 9.17) is 19.3 Å². The zero-order valence-electron chi connectivity index (χ0n) is 21.1. The summed E-state index contributed by atoms with van der Waals surface area (Å²) in [5.74, 6) is 0.541. The fourth-order valence-electron chi connectivity index (χ4n) is 3.87. The molecule has 0 spiro atoms. The molecule has 21 nitrogen and oxygen atoms in total. The Morgan fingerprint density at radius 3 is 2.55 bits per heavy atom. The van der Waals surface area contributed by atoms with Crippen molar-refractivity contribution >= 4 is 46.1 Å². The summed E-state index contributed by atoms with van der Waals surface area (Å²) in [6.07, 6.45) is -1.04. The number of imidazole rings is 1. The second-order valence-electron chi connectivity index (χ2n) is 8.47. The van der Waals surface area contributed by atoms with Crippen molar-refractivity contribution in [3.8, 4) is 5.75 Å². The van der Waals surface area contributed by atoms with Gasteiger partial charge in [0.05, 0.1) is 37.1 Å². The molecule has 3 unspecified atom stereocenters. The molecule has 0 bridgehead atoms. The summed E-state index contributed by atoms with van der Waals surface area (Å²) >= 11 is 0. The molecule has 42 heavy (non-hydrogen) atoms. The van der Waals surface area contributed by atoms with Gasteiger partial charge < -0.3 is 39.5 Å². The lowest BCUT2D eigenvalue weighted by Crippen LogP contribution is -2.26. The van der Waals surface area contributed by atoms with Gasteiger partial charge in [0.1, 0.15) is 24.4 Å². The molecule has 24 heteroatoms. The fourth-order valence-corrected chi connectivity index (χ4v) is 6.90. The zero-order valence-corrected chi connectivity index (χ0v) is 23.8. The summed E-state index contributed by atoms with van der Waals surface area (Å²) in [5.41, 5.74) is 0.659. The maximum Gasteiger partial charge on any atom is 0.490 e. The number of aliphatic hydroxyl groups is 1. The topological polar surface area (TPSA) is 297 Å². The lowest BCUT2D eigenvalue weighted by atomic mass is 10.1. The number of nitro groups is 1. The van der Waals surface area contributed by atoms with E-state index in [9.17, 15) is 38.7 Å². The highest BCUT2D eigenvalue weighted by atomic mass is 31.3. The van der Waals surface area contributed by atoms with E-state index in [1.165, 1.54) is 36.5 Å². The molecule has 1 fully saturated rings. The lowest BCUT2D eigenvalue weighted by molar-refractivity contribution is -0.385. The molecule has 6 N–H and O–H groups in total. The molecular weight excluding hydrogens is 633 g/mol.